The number of carbonyl (C=O) groups is 3. The minimum absolute atomic E-state index is 0.189. The van der Waals surface area contributed by atoms with E-state index in [4.69, 9.17) is 4.74 Å². The van der Waals surface area contributed by atoms with Crippen molar-refractivity contribution in [3.8, 4) is 0 Å². The number of ether oxygens (including phenoxy) is 1. The van der Waals surface area contributed by atoms with E-state index in [1.807, 2.05) is 48.5 Å². The van der Waals surface area contributed by atoms with Crippen LogP contribution in [0.3, 0.4) is 0 Å². The molecule has 0 saturated carbocycles. The Labute approximate surface area is 175 Å². The van der Waals surface area contributed by atoms with Gasteiger partial charge in [-0.25, -0.2) is 0 Å². The van der Waals surface area contributed by atoms with E-state index in [2.05, 4.69) is 0 Å². The molecule has 0 aromatic heterocycles. The molecule has 6 nitrogen and oxygen atoms in total. The number of hydrogen-bond acceptors (Lipinski definition) is 4. The molecule has 1 fully saturated rings. The Hall–Kier alpha value is -3.15. The van der Waals surface area contributed by atoms with Gasteiger partial charge in [-0.15, -0.1) is 0 Å². The summed E-state index contributed by atoms with van der Waals surface area (Å²) in [5.41, 5.74) is 0.678. The number of fused-ring (bicyclic) bond motifs is 2. The van der Waals surface area contributed by atoms with E-state index in [1.54, 1.807) is 11.8 Å². The van der Waals surface area contributed by atoms with Crippen molar-refractivity contribution >= 4 is 28.6 Å². The Kier molecular flexibility index (Phi) is 5.33. The average molecular weight is 407 g/mol. The van der Waals surface area contributed by atoms with Gasteiger partial charge in [0.1, 0.15) is 5.41 Å². The predicted octanol–water partition coefficient (Wildman–Crippen LogP) is 3.89. The molecule has 1 aliphatic heterocycles. The number of aliphatic carboxylic acids is 1. The Morgan fingerprint density at radius 2 is 1.97 bits per heavy atom. The summed E-state index contributed by atoms with van der Waals surface area (Å²) in [6.07, 6.45) is 3.04. The molecule has 1 heterocycles. The third kappa shape index (κ3) is 3.36. The summed E-state index contributed by atoms with van der Waals surface area (Å²) in [5.74, 6) is -2.39. The molecule has 0 unspecified atom stereocenters. The first kappa shape index (κ1) is 20.1. The molecule has 30 heavy (non-hydrogen) atoms. The molecule has 0 radical (unpaired) electrons. The number of likely N-dealkylation sites (tertiary alicyclic amines) is 1. The fraction of sp³-hybridized carbons (Fsp3) is 0.375. The molecule has 4 rings (SSSR count). The third-order valence-electron chi connectivity index (χ3n) is 6.20. The molecule has 0 spiro atoms. The number of carbonyl (C=O) groups excluding carboxylic acids is 2. The maximum absolute atomic E-state index is 13.3. The SMILES string of the molecule is CCOC(=O)[C@]12CCC=C1N(Cc1cccc3ccccc13)C(=O)[C@@H](CC(=O)O)C2. The lowest BCUT2D eigenvalue weighted by atomic mass is 9.71. The maximum Gasteiger partial charge on any atom is 0.318 e. The van der Waals surface area contributed by atoms with Crippen LogP contribution >= 0.6 is 0 Å². The van der Waals surface area contributed by atoms with E-state index >= 15 is 0 Å². The van der Waals surface area contributed by atoms with Gasteiger partial charge in [-0.3, -0.25) is 14.4 Å². The second kappa shape index (κ2) is 7.94. The molecule has 6 heteroatoms. The highest BCUT2D eigenvalue weighted by atomic mass is 16.5. The van der Waals surface area contributed by atoms with Gasteiger partial charge < -0.3 is 14.7 Å². The average Bonchev–Trinajstić information content (AvgIpc) is 3.16. The van der Waals surface area contributed by atoms with Gasteiger partial charge in [-0.05, 0) is 42.5 Å². The quantitative estimate of drug-likeness (QED) is 0.735. The number of carboxylic acids is 1. The van der Waals surface area contributed by atoms with Crippen molar-refractivity contribution in [2.24, 2.45) is 11.3 Å². The second-order valence-corrected chi connectivity index (χ2v) is 7.99. The topological polar surface area (TPSA) is 83.9 Å². The van der Waals surface area contributed by atoms with Crippen LogP contribution in [0.15, 0.2) is 54.2 Å². The van der Waals surface area contributed by atoms with Crippen molar-refractivity contribution in [3.63, 3.8) is 0 Å². The van der Waals surface area contributed by atoms with Gasteiger partial charge in [-0.1, -0.05) is 48.5 Å². The first-order chi connectivity index (χ1) is 14.5. The molecule has 156 valence electrons. The number of hydrogen-bond donors (Lipinski definition) is 1. The van der Waals surface area contributed by atoms with Crippen LogP contribution in [-0.4, -0.2) is 34.5 Å². The largest absolute Gasteiger partial charge is 0.481 e. The first-order valence-corrected chi connectivity index (χ1v) is 10.3. The molecule has 1 N–H and O–H groups in total. The second-order valence-electron chi connectivity index (χ2n) is 7.99. The van der Waals surface area contributed by atoms with Crippen LogP contribution in [0.1, 0.15) is 38.2 Å². The zero-order valence-corrected chi connectivity index (χ0v) is 17.0. The minimum atomic E-state index is -1.04. The number of rotatable bonds is 6. The number of piperidine rings is 1. The molecular weight excluding hydrogens is 382 g/mol. The van der Waals surface area contributed by atoms with Gasteiger partial charge in [0.25, 0.3) is 0 Å². The summed E-state index contributed by atoms with van der Waals surface area (Å²) in [5, 5.41) is 11.5. The van der Waals surface area contributed by atoms with Crippen LogP contribution in [-0.2, 0) is 25.7 Å². The number of allylic oxidation sites excluding steroid dienone is 1. The monoisotopic (exact) mass is 407 g/mol. The Balaban J connectivity index is 1.77. The van der Waals surface area contributed by atoms with Crippen molar-refractivity contribution in [3.05, 3.63) is 59.8 Å². The number of carboxylic acid groups (broad SMARTS) is 1. The smallest absolute Gasteiger partial charge is 0.318 e. The highest BCUT2D eigenvalue weighted by Gasteiger charge is 2.55. The zero-order chi connectivity index (χ0) is 21.3. The highest BCUT2D eigenvalue weighted by molar-refractivity contribution is 5.92. The van der Waals surface area contributed by atoms with E-state index < -0.39 is 17.3 Å². The predicted molar refractivity (Wildman–Crippen MR) is 111 cm³/mol. The highest BCUT2D eigenvalue weighted by Crippen LogP contribution is 2.51. The van der Waals surface area contributed by atoms with Gasteiger partial charge in [0.15, 0.2) is 0 Å². The number of amides is 1. The van der Waals surface area contributed by atoms with Crippen LogP contribution in [0.25, 0.3) is 10.8 Å². The summed E-state index contributed by atoms with van der Waals surface area (Å²) >= 11 is 0. The number of esters is 1. The van der Waals surface area contributed by atoms with Crippen LogP contribution in [0.2, 0.25) is 0 Å². The van der Waals surface area contributed by atoms with Gasteiger partial charge >= 0.3 is 11.9 Å². The normalized spacial score (nSPS) is 23.2. The summed E-state index contributed by atoms with van der Waals surface area (Å²) in [6.45, 7) is 2.29. The summed E-state index contributed by atoms with van der Waals surface area (Å²) in [6, 6.07) is 13.9. The molecule has 1 amide bonds. The van der Waals surface area contributed by atoms with Crippen molar-refractivity contribution in [2.45, 2.75) is 39.2 Å². The van der Waals surface area contributed by atoms with E-state index in [0.717, 1.165) is 16.3 Å². The fourth-order valence-electron chi connectivity index (χ4n) is 4.89. The van der Waals surface area contributed by atoms with E-state index in [-0.39, 0.29) is 31.3 Å². The molecular formula is C24H25NO5. The van der Waals surface area contributed by atoms with Crippen LogP contribution in [0.5, 0.6) is 0 Å². The lowest BCUT2D eigenvalue weighted by Gasteiger charge is -2.44. The molecule has 1 aliphatic carbocycles. The van der Waals surface area contributed by atoms with Crippen LogP contribution in [0.4, 0.5) is 0 Å². The first-order valence-electron chi connectivity index (χ1n) is 10.3. The molecule has 1 saturated heterocycles. The lowest BCUT2D eigenvalue weighted by Crippen LogP contribution is -2.51. The summed E-state index contributed by atoms with van der Waals surface area (Å²) in [4.78, 5) is 39.4. The maximum atomic E-state index is 13.3. The van der Waals surface area contributed by atoms with Crippen molar-refractivity contribution in [1.29, 1.82) is 0 Å². The van der Waals surface area contributed by atoms with E-state index in [0.29, 0.717) is 25.1 Å². The molecule has 2 aliphatic rings. The van der Waals surface area contributed by atoms with Gasteiger partial charge in [-0.2, -0.15) is 0 Å². The molecule has 0 bridgehead atoms. The van der Waals surface area contributed by atoms with Gasteiger partial charge in [0.2, 0.25) is 5.91 Å². The third-order valence-corrected chi connectivity index (χ3v) is 6.20. The molecule has 2 aromatic carbocycles. The van der Waals surface area contributed by atoms with Crippen LogP contribution in [0, 0.1) is 11.3 Å². The summed E-state index contributed by atoms with van der Waals surface area (Å²) < 4.78 is 5.38. The van der Waals surface area contributed by atoms with E-state index in [9.17, 15) is 19.5 Å². The molecule has 2 atom stereocenters. The zero-order valence-electron chi connectivity index (χ0n) is 17.0. The lowest BCUT2D eigenvalue weighted by molar-refractivity contribution is -0.162. The van der Waals surface area contributed by atoms with Gasteiger partial charge in [0.05, 0.1) is 25.5 Å². The fourth-order valence-corrected chi connectivity index (χ4v) is 4.89. The van der Waals surface area contributed by atoms with E-state index in [1.165, 1.54) is 0 Å². The van der Waals surface area contributed by atoms with Crippen LogP contribution < -0.4 is 0 Å². The minimum Gasteiger partial charge on any atom is -0.481 e. The van der Waals surface area contributed by atoms with Crippen molar-refractivity contribution in [2.75, 3.05) is 6.61 Å². The Morgan fingerprint density at radius 3 is 2.73 bits per heavy atom. The van der Waals surface area contributed by atoms with Crippen molar-refractivity contribution in [1.82, 2.24) is 4.90 Å². The van der Waals surface area contributed by atoms with Crippen molar-refractivity contribution < 1.29 is 24.2 Å². The molecule has 2 aromatic rings. The Morgan fingerprint density at radius 1 is 1.20 bits per heavy atom. The standard InChI is InChI=1S/C24H25NO5/c1-2-30-23(29)24-12-6-11-20(24)25(22(28)18(14-24)13-21(26)27)15-17-9-5-8-16-7-3-4-10-19(16)17/h3-5,7-11,18H,2,6,12-15H2,1H3,(H,26,27)/t18-,24-/m0/s1. The summed E-state index contributed by atoms with van der Waals surface area (Å²) in [7, 11) is 0. The number of benzene rings is 2. The Bertz CT molecular complexity index is 1040. The van der Waals surface area contributed by atoms with Gasteiger partial charge in [0, 0.05) is 5.70 Å². The number of nitrogens with zero attached hydrogens (tertiary/aromatic N) is 1.